The average molecular weight is 745 g/mol. The second-order valence-electron chi connectivity index (χ2n) is 15.3. The van der Waals surface area contributed by atoms with Crippen LogP contribution in [0.1, 0.15) is 65.7 Å². The first-order chi connectivity index (χ1) is 25.4. The Morgan fingerprint density at radius 2 is 1.83 bits per heavy atom. The summed E-state index contributed by atoms with van der Waals surface area (Å²) in [6, 6.07) is 5.13. The second kappa shape index (κ2) is 14.4. The van der Waals surface area contributed by atoms with Gasteiger partial charge in [-0.3, -0.25) is 35.0 Å². The molecule has 1 aliphatic heterocycles. The minimum atomic E-state index is -1.37. The smallest absolute Gasteiger partial charge is 0.408 e. The van der Waals surface area contributed by atoms with E-state index in [1.165, 1.54) is 16.2 Å². The molecule has 4 heterocycles. The van der Waals surface area contributed by atoms with Crippen LogP contribution in [0.3, 0.4) is 0 Å². The van der Waals surface area contributed by atoms with Gasteiger partial charge in [0.2, 0.25) is 23.6 Å². The summed E-state index contributed by atoms with van der Waals surface area (Å²) in [4.78, 5) is 82.7. The van der Waals surface area contributed by atoms with Gasteiger partial charge in [0.1, 0.15) is 40.2 Å². The normalized spacial score (nSPS) is 24.4. The van der Waals surface area contributed by atoms with Gasteiger partial charge in [-0.25, -0.2) is 9.78 Å². The summed E-state index contributed by atoms with van der Waals surface area (Å²) in [5, 5.41) is 7.54. The topological polar surface area (TPSA) is 194 Å². The Labute approximate surface area is 310 Å². The number of carbonyl (C=O) groups excluding carboxylic acids is 5. The highest BCUT2D eigenvalue weighted by Crippen LogP contribution is 2.45. The lowest BCUT2D eigenvalue weighted by Gasteiger charge is -2.36. The van der Waals surface area contributed by atoms with Gasteiger partial charge in [0.25, 0.3) is 5.91 Å². The van der Waals surface area contributed by atoms with E-state index >= 15 is 0 Å². The summed E-state index contributed by atoms with van der Waals surface area (Å²) in [6.07, 6.45) is 5.98. The van der Waals surface area contributed by atoms with Gasteiger partial charge in [-0.15, -0.1) is 17.9 Å². The van der Waals surface area contributed by atoms with Crippen LogP contribution < -0.4 is 26.2 Å². The fourth-order valence-corrected chi connectivity index (χ4v) is 7.44. The van der Waals surface area contributed by atoms with Crippen molar-refractivity contribution in [2.24, 2.45) is 17.3 Å². The molecule has 0 radical (unpaired) electrons. The fraction of sp³-hybridized carbons (Fsp3) is 0.514. The monoisotopic (exact) mass is 744 g/mol. The van der Waals surface area contributed by atoms with Crippen molar-refractivity contribution in [2.45, 2.75) is 95.5 Å². The molecule has 0 aromatic carbocycles. The van der Waals surface area contributed by atoms with E-state index in [0.29, 0.717) is 21.7 Å². The second-order valence-corrected chi connectivity index (χ2v) is 16.2. The van der Waals surface area contributed by atoms with E-state index in [2.05, 4.69) is 38.0 Å². The molecule has 5 amide bonds. The van der Waals surface area contributed by atoms with Crippen molar-refractivity contribution >= 4 is 51.3 Å². The Balaban J connectivity index is 1.16. The SMILES string of the molecule is C=C[C@@H]1C[C@@]1(NC(=O)[C@@H]1C[C@@H](Oc2nc(-c3ccccn3)nc3ccsc23)CN1C(=O)[C@@H](NC(=O)OC1CCC1)C(C)(C)C)C(=O)NNC(=O)C1CC1. The maximum atomic E-state index is 14.5. The van der Waals surface area contributed by atoms with Gasteiger partial charge in [0.05, 0.1) is 12.1 Å². The number of alkyl carbamates (subject to hydrolysis) is 1. The molecule has 0 unspecified atom stereocenters. The highest BCUT2D eigenvalue weighted by Gasteiger charge is 2.61. The highest BCUT2D eigenvalue weighted by molar-refractivity contribution is 7.17. The Morgan fingerprint density at radius 3 is 2.47 bits per heavy atom. The lowest BCUT2D eigenvalue weighted by Crippen LogP contribution is -2.61. The minimum absolute atomic E-state index is 0.0137. The van der Waals surface area contributed by atoms with Crippen LogP contribution in [0.5, 0.6) is 5.88 Å². The van der Waals surface area contributed by atoms with Crippen LogP contribution in [0.15, 0.2) is 48.5 Å². The molecule has 4 aliphatic rings. The molecule has 15 nitrogen and oxygen atoms in total. The third-order valence-corrected chi connectivity index (χ3v) is 11.2. The molecule has 3 aliphatic carbocycles. The standard InChI is InChI=1S/C37H44N8O7S/c1-5-21-18-37(21,34(49)44-43-30(46)20-12-13-20)42-31(47)26-17-23(19-45(26)33(48)28(36(2,3)4)40-35(50)52-22-9-8-10-22)51-32-27-24(14-16-53-27)39-29(41-32)25-11-6-7-15-38-25/h5-7,11,14-16,20-23,26,28H,1,8-10,12-13,17-19H2,2-4H3,(H,40,50)(H,42,47)(H,43,46)(H,44,49)/t21-,23-,26+,28-,37+/m1/s1. The number of thiophene rings is 1. The lowest BCUT2D eigenvalue weighted by molar-refractivity contribution is -0.143. The molecule has 5 atom stereocenters. The molecule has 0 spiro atoms. The van der Waals surface area contributed by atoms with E-state index < -0.39 is 58.9 Å². The maximum absolute atomic E-state index is 14.5. The van der Waals surface area contributed by atoms with Crippen LogP contribution in [0.2, 0.25) is 0 Å². The van der Waals surface area contributed by atoms with Crippen LogP contribution in [-0.4, -0.2) is 85.9 Å². The van der Waals surface area contributed by atoms with Crippen molar-refractivity contribution in [2.75, 3.05) is 6.54 Å². The molecule has 7 rings (SSSR count). The summed E-state index contributed by atoms with van der Waals surface area (Å²) in [5.41, 5.74) is 4.01. The van der Waals surface area contributed by atoms with Crippen LogP contribution >= 0.6 is 11.3 Å². The third-order valence-electron chi connectivity index (χ3n) is 10.3. The number of likely N-dealkylation sites (tertiary alicyclic amines) is 1. The molecule has 280 valence electrons. The molecular weight excluding hydrogens is 701 g/mol. The Morgan fingerprint density at radius 1 is 1.04 bits per heavy atom. The van der Waals surface area contributed by atoms with Gasteiger partial charge < -0.3 is 25.0 Å². The Bertz CT molecular complexity index is 1920. The number of hydrogen-bond donors (Lipinski definition) is 4. The highest BCUT2D eigenvalue weighted by atomic mass is 32.1. The van der Waals surface area contributed by atoms with Crippen molar-refractivity contribution in [3.63, 3.8) is 0 Å². The quantitative estimate of drug-likeness (QED) is 0.167. The van der Waals surface area contributed by atoms with Crippen molar-refractivity contribution in [3.05, 3.63) is 48.5 Å². The molecular formula is C37H44N8O7S. The van der Waals surface area contributed by atoms with Gasteiger partial charge in [0, 0.05) is 24.5 Å². The van der Waals surface area contributed by atoms with Gasteiger partial charge in [-0.1, -0.05) is 32.9 Å². The first-order valence-electron chi connectivity index (χ1n) is 18.0. The van der Waals surface area contributed by atoms with Crippen LogP contribution in [0, 0.1) is 17.3 Å². The molecule has 0 bridgehead atoms. The number of rotatable bonds is 11. The summed E-state index contributed by atoms with van der Waals surface area (Å²) in [7, 11) is 0. The fourth-order valence-electron chi connectivity index (χ4n) is 6.68. The number of hydrogen-bond acceptors (Lipinski definition) is 11. The van der Waals surface area contributed by atoms with Crippen molar-refractivity contribution in [1.29, 1.82) is 0 Å². The number of fused-ring (bicyclic) bond motifs is 1. The molecule has 1 saturated heterocycles. The van der Waals surface area contributed by atoms with Crippen molar-refractivity contribution in [1.82, 2.24) is 41.3 Å². The summed E-state index contributed by atoms with van der Waals surface area (Å²) in [6.45, 7) is 9.27. The lowest BCUT2D eigenvalue weighted by atomic mass is 9.85. The molecule has 16 heteroatoms. The third kappa shape index (κ3) is 7.68. The number of nitrogens with zero attached hydrogens (tertiary/aromatic N) is 4. The first-order valence-corrected chi connectivity index (χ1v) is 18.9. The van der Waals surface area contributed by atoms with Crippen LogP contribution in [0.4, 0.5) is 4.79 Å². The van der Waals surface area contributed by atoms with E-state index in [1.807, 2.05) is 38.3 Å². The van der Waals surface area contributed by atoms with E-state index in [9.17, 15) is 24.0 Å². The average Bonchev–Trinajstić information content (AvgIpc) is 4.00. The molecule has 4 fully saturated rings. The van der Waals surface area contributed by atoms with Crippen LogP contribution in [-0.2, 0) is 23.9 Å². The van der Waals surface area contributed by atoms with Gasteiger partial charge in [-0.05, 0) is 67.5 Å². The first kappa shape index (κ1) is 36.2. The zero-order chi connectivity index (χ0) is 37.5. The molecule has 3 aromatic heterocycles. The summed E-state index contributed by atoms with van der Waals surface area (Å²) >= 11 is 1.40. The summed E-state index contributed by atoms with van der Waals surface area (Å²) in [5.74, 6) is -1.83. The zero-order valence-corrected chi connectivity index (χ0v) is 30.7. The number of hydrazine groups is 1. The van der Waals surface area contributed by atoms with Gasteiger partial charge >= 0.3 is 6.09 Å². The number of aromatic nitrogens is 3. The van der Waals surface area contributed by atoms with Crippen molar-refractivity contribution < 1.29 is 33.4 Å². The predicted molar refractivity (Wildman–Crippen MR) is 194 cm³/mol. The maximum Gasteiger partial charge on any atom is 0.408 e. The van der Waals surface area contributed by atoms with E-state index in [4.69, 9.17) is 14.5 Å². The van der Waals surface area contributed by atoms with Crippen LogP contribution in [0.25, 0.3) is 21.7 Å². The molecule has 4 N–H and O–H groups in total. The summed E-state index contributed by atoms with van der Waals surface area (Å²) < 4.78 is 12.8. The number of amides is 5. The molecule has 3 saturated carbocycles. The zero-order valence-electron chi connectivity index (χ0n) is 29.9. The largest absolute Gasteiger partial charge is 0.471 e. The minimum Gasteiger partial charge on any atom is -0.471 e. The predicted octanol–water partition coefficient (Wildman–Crippen LogP) is 3.41. The number of carbonyl (C=O) groups is 5. The van der Waals surface area contributed by atoms with E-state index in [1.54, 1.807) is 24.4 Å². The van der Waals surface area contributed by atoms with Gasteiger partial charge in [0.15, 0.2) is 5.82 Å². The van der Waals surface area contributed by atoms with Crippen molar-refractivity contribution in [3.8, 4) is 17.4 Å². The van der Waals surface area contributed by atoms with Gasteiger partial charge in [-0.2, -0.15) is 4.98 Å². The number of nitrogens with one attached hydrogen (secondary N) is 4. The molecule has 53 heavy (non-hydrogen) atoms. The molecule has 3 aromatic rings. The Hall–Kier alpha value is -5.12. The van der Waals surface area contributed by atoms with E-state index in [0.717, 1.165) is 32.1 Å². The number of pyridine rings is 1. The van der Waals surface area contributed by atoms with E-state index in [-0.39, 0.29) is 43.2 Å². The Kier molecular flexibility index (Phi) is 9.83. The number of ether oxygens (including phenoxy) is 2.